The number of nitrogens with one attached hydrogen (secondary N) is 4. The van der Waals surface area contributed by atoms with Crippen molar-refractivity contribution >= 4 is 23.5 Å². The lowest BCUT2D eigenvalue weighted by molar-refractivity contribution is -0.123. The van der Waals surface area contributed by atoms with Crippen molar-refractivity contribution in [2.24, 2.45) is 0 Å². The highest BCUT2D eigenvalue weighted by Gasteiger charge is 2.23. The van der Waals surface area contributed by atoms with Crippen LogP contribution in [0.3, 0.4) is 0 Å². The molecule has 1 aliphatic rings. The Morgan fingerprint density at radius 1 is 0.871 bits per heavy atom. The molecule has 0 unspecified atom stereocenters. The lowest BCUT2D eigenvalue weighted by atomic mass is 10.1. The number of urea groups is 1. The minimum absolute atomic E-state index is 0.0172. The van der Waals surface area contributed by atoms with Crippen LogP contribution >= 0.6 is 0 Å². The summed E-state index contributed by atoms with van der Waals surface area (Å²) in [5.41, 5.74) is 1.75. The van der Waals surface area contributed by atoms with Crippen molar-refractivity contribution in [1.29, 1.82) is 0 Å². The molecule has 8 heteroatoms. The minimum atomic E-state index is -0.341. The Labute approximate surface area is 181 Å². The summed E-state index contributed by atoms with van der Waals surface area (Å²) in [6.45, 7) is 0.771. The van der Waals surface area contributed by atoms with E-state index < -0.39 is 0 Å². The number of para-hydroxylation sites is 1. The summed E-state index contributed by atoms with van der Waals surface area (Å²) >= 11 is 0. The summed E-state index contributed by atoms with van der Waals surface area (Å²) in [6.07, 6.45) is 2.99. The molecule has 4 amide bonds. The van der Waals surface area contributed by atoms with E-state index in [2.05, 4.69) is 21.3 Å². The number of carbonyl (C=O) groups excluding carboxylic acids is 3. The Kier molecular flexibility index (Phi) is 8.28. The molecule has 2 aromatic carbocycles. The Balaban J connectivity index is 1.25. The Morgan fingerprint density at radius 3 is 2.32 bits per heavy atom. The van der Waals surface area contributed by atoms with Crippen LogP contribution in [-0.2, 0) is 16.0 Å². The highest BCUT2D eigenvalue weighted by Crippen LogP contribution is 2.18. The molecular weight excluding hydrogens is 396 g/mol. The van der Waals surface area contributed by atoms with E-state index in [0.717, 1.165) is 18.4 Å². The molecule has 0 aliphatic heterocycles. The Hall–Kier alpha value is -3.55. The number of anilines is 1. The molecule has 164 valence electrons. The van der Waals surface area contributed by atoms with Crippen molar-refractivity contribution in [3.05, 3.63) is 60.2 Å². The summed E-state index contributed by atoms with van der Waals surface area (Å²) in [6, 6.07) is 16.6. The molecule has 0 heterocycles. The van der Waals surface area contributed by atoms with Crippen LogP contribution < -0.4 is 26.0 Å². The first kappa shape index (κ1) is 22.1. The molecule has 3 rings (SSSR count). The minimum Gasteiger partial charge on any atom is -0.484 e. The summed E-state index contributed by atoms with van der Waals surface area (Å²) < 4.78 is 5.47. The van der Waals surface area contributed by atoms with E-state index in [4.69, 9.17) is 4.74 Å². The van der Waals surface area contributed by atoms with Crippen LogP contribution in [0.2, 0.25) is 0 Å². The van der Waals surface area contributed by atoms with Gasteiger partial charge in [0.2, 0.25) is 5.91 Å². The van der Waals surface area contributed by atoms with Crippen LogP contribution in [0.15, 0.2) is 54.6 Å². The van der Waals surface area contributed by atoms with Gasteiger partial charge >= 0.3 is 6.03 Å². The van der Waals surface area contributed by atoms with Gasteiger partial charge in [0.05, 0.1) is 0 Å². The molecule has 0 spiro atoms. The molecule has 8 nitrogen and oxygen atoms in total. The van der Waals surface area contributed by atoms with Gasteiger partial charge in [-0.1, -0.05) is 30.3 Å². The van der Waals surface area contributed by atoms with Gasteiger partial charge in [-0.25, -0.2) is 4.79 Å². The fourth-order valence-corrected chi connectivity index (χ4v) is 2.82. The summed E-state index contributed by atoms with van der Waals surface area (Å²) in [5, 5.41) is 11.1. The maximum atomic E-state index is 11.9. The van der Waals surface area contributed by atoms with Crippen LogP contribution in [0.1, 0.15) is 24.8 Å². The van der Waals surface area contributed by atoms with Gasteiger partial charge in [0.15, 0.2) is 6.61 Å². The van der Waals surface area contributed by atoms with Crippen LogP contribution in [-0.4, -0.2) is 43.6 Å². The van der Waals surface area contributed by atoms with E-state index in [-0.39, 0.29) is 37.4 Å². The van der Waals surface area contributed by atoms with Crippen LogP contribution in [0.5, 0.6) is 5.75 Å². The third kappa shape index (κ3) is 8.77. The first-order valence-corrected chi connectivity index (χ1v) is 10.5. The van der Waals surface area contributed by atoms with E-state index in [1.807, 2.05) is 42.5 Å². The van der Waals surface area contributed by atoms with Crippen molar-refractivity contribution in [3.8, 4) is 5.75 Å². The number of rotatable bonds is 11. The van der Waals surface area contributed by atoms with Gasteiger partial charge in [0, 0.05) is 31.2 Å². The van der Waals surface area contributed by atoms with Gasteiger partial charge in [-0.2, -0.15) is 0 Å². The zero-order valence-electron chi connectivity index (χ0n) is 17.4. The second-order valence-electron chi connectivity index (χ2n) is 7.37. The first-order chi connectivity index (χ1) is 15.1. The zero-order valence-corrected chi connectivity index (χ0v) is 17.4. The maximum absolute atomic E-state index is 11.9. The average Bonchev–Trinajstić information content (AvgIpc) is 3.58. The van der Waals surface area contributed by atoms with E-state index >= 15 is 0 Å². The molecule has 0 radical (unpaired) electrons. The van der Waals surface area contributed by atoms with Crippen molar-refractivity contribution in [2.45, 2.75) is 31.7 Å². The standard InChI is InChI=1S/C23H28N4O4/c28-21(13-15-25-23(30)27-18-4-2-1-3-5-18)24-14-12-17-6-10-20(11-7-17)31-16-22(29)26-19-8-9-19/h1-7,10-11,19H,8-9,12-16H2,(H,24,28)(H,26,29)(H2,25,27,30). The molecule has 0 aromatic heterocycles. The van der Waals surface area contributed by atoms with Crippen molar-refractivity contribution < 1.29 is 19.1 Å². The Bertz CT molecular complexity index is 867. The van der Waals surface area contributed by atoms with Crippen LogP contribution in [0.4, 0.5) is 10.5 Å². The highest BCUT2D eigenvalue weighted by atomic mass is 16.5. The molecule has 1 saturated carbocycles. The van der Waals surface area contributed by atoms with Crippen molar-refractivity contribution in [1.82, 2.24) is 16.0 Å². The van der Waals surface area contributed by atoms with E-state index in [9.17, 15) is 14.4 Å². The largest absolute Gasteiger partial charge is 0.484 e. The molecule has 1 fully saturated rings. The van der Waals surface area contributed by atoms with E-state index in [0.29, 0.717) is 30.4 Å². The van der Waals surface area contributed by atoms with E-state index in [1.54, 1.807) is 12.1 Å². The molecule has 0 saturated heterocycles. The van der Waals surface area contributed by atoms with Gasteiger partial charge in [-0.05, 0) is 49.1 Å². The second-order valence-corrected chi connectivity index (χ2v) is 7.37. The number of carbonyl (C=O) groups is 3. The maximum Gasteiger partial charge on any atom is 0.319 e. The normalized spacial score (nSPS) is 12.5. The monoisotopic (exact) mass is 424 g/mol. The number of benzene rings is 2. The zero-order chi connectivity index (χ0) is 21.9. The second kappa shape index (κ2) is 11.6. The molecule has 4 N–H and O–H groups in total. The van der Waals surface area contributed by atoms with Crippen molar-refractivity contribution in [3.63, 3.8) is 0 Å². The summed E-state index contributed by atoms with van der Waals surface area (Å²) in [7, 11) is 0. The quantitative estimate of drug-likeness (QED) is 0.443. The predicted octanol–water partition coefficient (Wildman–Crippen LogP) is 2.21. The topological polar surface area (TPSA) is 109 Å². The average molecular weight is 425 g/mol. The van der Waals surface area contributed by atoms with Gasteiger partial charge in [0.25, 0.3) is 5.91 Å². The molecule has 0 bridgehead atoms. The van der Waals surface area contributed by atoms with Crippen LogP contribution in [0, 0.1) is 0 Å². The number of amides is 4. The summed E-state index contributed by atoms with van der Waals surface area (Å²) in [5.74, 6) is 0.418. The third-order valence-corrected chi connectivity index (χ3v) is 4.64. The van der Waals surface area contributed by atoms with Gasteiger partial charge in [-0.15, -0.1) is 0 Å². The molecule has 2 aromatic rings. The van der Waals surface area contributed by atoms with Gasteiger partial charge < -0.3 is 26.0 Å². The lowest BCUT2D eigenvalue weighted by Crippen LogP contribution is -2.33. The number of ether oxygens (including phenoxy) is 1. The highest BCUT2D eigenvalue weighted by molar-refractivity contribution is 5.89. The predicted molar refractivity (Wildman–Crippen MR) is 118 cm³/mol. The smallest absolute Gasteiger partial charge is 0.319 e. The SMILES string of the molecule is O=C(CCNC(=O)Nc1ccccc1)NCCc1ccc(OCC(=O)NC2CC2)cc1. The van der Waals surface area contributed by atoms with Crippen LogP contribution in [0.25, 0.3) is 0 Å². The lowest BCUT2D eigenvalue weighted by Gasteiger charge is -2.09. The van der Waals surface area contributed by atoms with Crippen molar-refractivity contribution in [2.75, 3.05) is 25.0 Å². The fraction of sp³-hybridized carbons (Fsp3) is 0.348. The molecular formula is C23H28N4O4. The number of hydrogen-bond acceptors (Lipinski definition) is 4. The molecule has 31 heavy (non-hydrogen) atoms. The van der Waals surface area contributed by atoms with E-state index in [1.165, 1.54) is 0 Å². The molecule has 0 atom stereocenters. The van der Waals surface area contributed by atoms with Gasteiger partial charge in [0.1, 0.15) is 5.75 Å². The Morgan fingerprint density at radius 2 is 1.61 bits per heavy atom. The number of hydrogen-bond donors (Lipinski definition) is 4. The third-order valence-electron chi connectivity index (χ3n) is 4.64. The summed E-state index contributed by atoms with van der Waals surface area (Å²) in [4.78, 5) is 35.3. The molecule has 1 aliphatic carbocycles. The van der Waals surface area contributed by atoms with Gasteiger partial charge in [-0.3, -0.25) is 9.59 Å². The fourth-order valence-electron chi connectivity index (χ4n) is 2.82. The first-order valence-electron chi connectivity index (χ1n) is 10.5.